The first kappa shape index (κ1) is 24.9. The summed E-state index contributed by atoms with van der Waals surface area (Å²) in [5, 5.41) is 2.80. The van der Waals surface area contributed by atoms with Crippen LogP contribution in [0.4, 0.5) is 13.2 Å². The molecule has 0 heterocycles. The van der Waals surface area contributed by atoms with Crippen molar-refractivity contribution in [1.29, 1.82) is 0 Å². The van der Waals surface area contributed by atoms with E-state index in [1.54, 1.807) is 12.1 Å². The van der Waals surface area contributed by atoms with E-state index in [4.69, 9.17) is 28.9 Å². The van der Waals surface area contributed by atoms with Crippen molar-refractivity contribution < 1.29 is 18.0 Å². The molecule has 2 aromatic rings. The van der Waals surface area contributed by atoms with E-state index in [2.05, 4.69) is 11.9 Å². The second-order valence-corrected chi connectivity index (χ2v) is 8.74. The summed E-state index contributed by atoms with van der Waals surface area (Å²) < 4.78 is 41.1. The molecule has 1 aliphatic rings. The quantitative estimate of drug-likeness (QED) is 0.413. The number of allylic oxidation sites excluding steroid dienone is 4. The molecule has 3 nitrogen and oxygen atoms in total. The van der Waals surface area contributed by atoms with Crippen LogP contribution >= 0.6 is 23.2 Å². The highest BCUT2D eigenvalue weighted by molar-refractivity contribution is 6.31. The third kappa shape index (κ3) is 6.01. The normalized spacial score (nSPS) is 16.8. The number of amides is 1. The van der Waals surface area contributed by atoms with E-state index in [0.29, 0.717) is 12.8 Å². The summed E-state index contributed by atoms with van der Waals surface area (Å²) in [7, 11) is 0. The van der Waals surface area contributed by atoms with Crippen LogP contribution < -0.4 is 11.1 Å². The molecule has 1 saturated carbocycles. The zero-order valence-corrected chi connectivity index (χ0v) is 19.1. The lowest BCUT2D eigenvalue weighted by Gasteiger charge is -2.37. The van der Waals surface area contributed by atoms with Gasteiger partial charge in [0, 0.05) is 23.1 Å². The molecule has 0 radical (unpaired) electrons. The molecule has 1 aliphatic carbocycles. The number of carbonyl (C=O) groups is 1. The second kappa shape index (κ2) is 10.1. The average molecular weight is 495 g/mol. The lowest BCUT2D eigenvalue weighted by molar-refractivity contribution is -0.137. The Morgan fingerprint density at radius 1 is 1.15 bits per heavy atom. The Bertz CT molecular complexity index is 1090. The van der Waals surface area contributed by atoms with Crippen LogP contribution in [0, 0.1) is 5.92 Å². The van der Waals surface area contributed by atoms with E-state index in [1.807, 2.05) is 18.2 Å². The van der Waals surface area contributed by atoms with Crippen LogP contribution in [0.15, 0.2) is 84.1 Å². The van der Waals surface area contributed by atoms with Gasteiger partial charge in [-0.05, 0) is 48.3 Å². The van der Waals surface area contributed by atoms with E-state index < -0.39 is 22.3 Å². The van der Waals surface area contributed by atoms with Gasteiger partial charge in [0.1, 0.15) is 5.54 Å². The molecule has 1 unspecified atom stereocenters. The van der Waals surface area contributed by atoms with Crippen molar-refractivity contribution in [2.45, 2.75) is 31.0 Å². The van der Waals surface area contributed by atoms with Crippen molar-refractivity contribution >= 4 is 29.1 Å². The Labute approximate surface area is 200 Å². The smallest absolute Gasteiger partial charge is 0.400 e. The van der Waals surface area contributed by atoms with Crippen molar-refractivity contribution in [3.8, 4) is 0 Å². The topological polar surface area (TPSA) is 55.1 Å². The van der Waals surface area contributed by atoms with Gasteiger partial charge in [0.15, 0.2) is 0 Å². The number of nitrogens with one attached hydrogen (secondary N) is 1. The summed E-state index contributed by atoms with van der Waals surface area (Å²) in [6.45, 7) is 3.58. The minimum atomic E-state index is -4.68. The standard InChI is InChI=1S/C25H23Cl2F3N2O/c1-2-19(26)11-13-22(31)24(32-23(33)17-8-9-17,15-16-6-4-3-5-7-16)18-10-12-21(27)20(14-18)25(28,29)30/h2-7,10-14,17H,1,8-9,15,31H2,(H,32,33)/b19-11+,22-13-. The fourth-order valence-electron chi connectivity index (χ4n) is 3.51. The maximum absolute atomic E-state index is 13.7. The Morgan fingerprint density at radius 2 is 1.82 bits per heavy atom. The summed E-state index contributed by atoms with van der Waals surface area (Å²) in [6, 6.07) is 12.6. The SMILES string of the molecule is C=C/C(Cl)=C\C=C(/N)C(Cc1ccccc1)(NC(=O)C1CC1)c1ccc(Cl)c(C(F)(F)F)c1. The number of hydrogen-bond acceptors (Lipinski definition) is 2. The lowest BCUT2D eigenvalue weighted by Crippen LogP contribution is -2.51. The molecule has 0 aromatic heterocycles. The summed E-state index contributed by atoms with van der Waals surface area (Å²) >= 11 is 11.9. The minimum Gasteiger partial charge on any atom is -0.400 e. The highest BCUT2D eigenvalue weighted by atomic mass is 35.5. The monoisotopic (exact) mass is 494 g/mol. The van der Waals surface area contributed by atoms with E-state index in [-0.39, 0.29) is 34.5 Å². The van der Waals surface area contributed by atoms with Crippen LogP contribution in [0.3, 0.4) is 0 Å². The van der Waals surface area contributed by atoms with E-state index in [9.17, 15) is 18.0 Å². The first-order chi connectivity index (χ1) is 15.6. The van der Waals surface area contributed by atoms with Crippen LogP contribution in [0.25, 0.3) is 0 Å². The molecule has 0 bridgehead atoms. The summed E-state index contributed by atoms with van der Waals surface area (Å²) in [5.74, 6) is -0.473. The van der Waals surface area contributed by atoms with Gasteiger partial charge in [0.25, 0.3) is 0 Å². The highest BCUT2D eigenvalue weighted by Crippen LogP contribution is 2.40. The molecule has 8 heteroatoms. The maximum atomic E-state index is 13.7. The Morgan fingerprint density at radius 3 is 2.39 bits per heavy atom. The van der Waals surface area contributed by atoms with Gasteiger partial charge < -0.3 is 11.1 Å². The fraction of sp³-hybridized carbons (Fsp3) is 0.240. The van der Waals surface area contributed by atoms with Crippen molar-refractivity contribution in [3.05, 3.63) is 106 Å². The third-order valence-electron chi connectivity index (χ3n) is 5.47. The molecule has 1 fully saturated rings. The highest BCUT2D eigenvalue weighted by Gasteiger charge is 2.43. The molecule has 1 amide bonds. The molecule has 0 saturated heterocycles. The number of nitrogens with two attached hydrogens (primary N) is 1. The summed E-state index contributed by atoms with van der Waals surface area (Å²) in [4.78, 5) is 12.9. The van der Waals surface area contributed by atoms with Crippen LogP contribution in [0.5, 0.6) is 0 Å². The predicted molar refractivity (Wildman–Crippen MR) is 126 cm³/mol. The molecule has 3 N–H and O–H groups in total. The van der Waals surface area contributed by atoms with Gasteiger partial charge in [-0.2, -0.15) is 13.2 Å². The van der Waals surface area contributed by atoms with Crippen molar-refractivity contribution in [3.63, 3.8) is 0 Å². The van der Waals surface area contributed by atoms with E-state index in [1.165, 1.54) is 30.4 Å². The molecule has 0 aliphatic heterocycles. The van der Waals surface area contributed by atoms with Crippen LogP contribution in [0.1, 0.15) is 29.5 Å². The van der Waals surface area contributed by atoms with Crippen molar-refractivity contribution in [2.75, 3.05) is 0 Å². The Hall–Kier alpha value is -2.70. The Kier molecular flexibility index (Phi) is 7.60. The molecule has 3 rings (SSSR count). The van der Waals surface area contributed by atoms with Crippen molar-refractivity contribution in [1.82, 2.24) is 5.32 Å². The van der Waals surface area contributed by atoms with Gasteiger partial charge in [-0.3, -0.25) is 4.79 Å². The van der Waals surface area contributed by atoms with E-state index >= 15 is 0 Å². The molecular weight excluding hydrogens is 472 g/mol. The first-order valence-electron chi connectivity index (χ1n) is 10.3. The molecule has 2 aromatic carbocycles. The zero-order valence-electron chi connectivity index (χ0n) is 17.6. The first-order valence-corrected chi connectivity index (χ1v) is 11.0. The fourth-order valence-corrected chi connectivity index (χ4v) is 3.79. The third-order valence-corrected chi connectivity index (χ3v) is 6.08. The van der Waals surface area contributed by atoms with Gasteiger partial charge in [0.05, 0.1) is 10.6 Å². The molecule has 0 spiro atoms. The molecular formula is C25H23Cl2F3N2O. The maximum Gasteiger partial charge on any atom is 0.417 e. The largest absolute Gasteiger partial charge is 0.417 e. The van der Waals surface area contributed by atoms with Crippen LogP contribution in [-0.2, 0) is 22.9 Å². The summed E-state index contributed by atoms with van der Waals surface area (Å²) in [5.41, 5.74) is 5.07. The average Bonchev–Trinajstić information content (AvgIpc) is 3.62. The van der Waals surface area contributed by atoms with Gasteiger partial charge >= 0.3 is 6.18 Å². The Balaban J connectivity index is 2.25. The minimum absolute atomic E-state index is 0.118. The zero-order chi connectivity index (χ0) is 24.2. The summed E-state index contributed by atoms with van der Waals surface area (Å²) in [6.07, 6.45) is 1.22. The predicted octanol–water partition coefficient (Wildman–Crippen LogP) is 6.47. The molecule has 1 atom stereocenters. The number of hydrogen-bond donors (Lipinski definition) is 2. The van der Waals surface area contributed by atoms with Gasteiger partial charge in [-0.15, -0.1) is 0 Å². The number of benzene rings is 2. The lowest BCUT2D eigenvalue weighted by atomic mass is 9.79. The number of halogens is 5. The van der Waals surface area contributed by atoms with Gasteiger partial charge in [0.2, 0.25) is 5.91 Å². The number of rotatable bonds is 8. The second-order valence-electron chi connectivity index (χ2n) is 7.90. The van der Waals surface area contributed by atoms with Crippen molar-refractivity contribution in [2.24, 2.45) is 11.7 Å². The van der Waals surface area contributed by atoms with E-state index in [0.717, 1.165) is 11.6 Å². The van der Waals surface area contributed by atoms with Gasteiger partial charge in [-0.1, -0.05) is 72.3 Å². The van der Waals surface area contributed by atoms with Gasteiger partial charge in [-0.25, -0.2) is 0 Å². The number of carbonyl (C=O) groups excluding carboxylic acids is 1. The number of alkyl halides is 3. The van der Waals surface area contributed by atoms with Crippen LogP contribution in [-0.4, -0.2) is 5.91 Å². The molecule has 33 heavy (non-hydrogen) atoms. The van der Waals surface area contributed by atoms with Crippen LogP contribution in [0.2, 0.25) is 5.02 Å². The molecule has 174 valence electrons.